The van der Waals surface area contributed by atoms with E-state index in [2.05, 4.69) is 10.4 Å². The fourth-order valence-electron chi connectivity index (χ4n) is 1.58. The highest BCUT2D eigenvalue weighted by Gasteiger charge is 2.19. The Kier molecular flexibility index (Phi) is 4.85. The Morgan fingerprint density at radius 3 is 2.63 bits per heavy atom. The number of rotatable bonds is 5. The van der Waals surface area contributed by atoms with Gasteiger partial charge >= 0.3 is 0 Å². The molecule has 0 saturated carbocycles. The van der Waals surface area contributed by atoms with E-state index in [1.165, 1.54) is 13.0 Å². The second-order valence-corrected chi connectivity index (χ2v) is 4.91. The van der Waals surface area contributed by atoms with Crippen LogP contribution in [0.1, 0.15) is 23.9 Å². The van der Waals surface area contributed by atoms with Crippen LogP contribution in [0.5, 0.6) is 0 Å². The molecule has 3 N–H and O–H groups in total. The number of carbonyl (C=O) groups is 1. The minimum absolute atomic E-state index is 0.00230. The molecule has 106 valence electrons. The van der Waals surface area contributed by atoms with Gasteiger partial charge in [-0.05, 0) is 26.8 Å². The van der Waals surface area contributed by atoms with E-state index in [1.54, 1.807) is 10.8 Å². The lowest BCUT2D eigenvalue weighted by atomic mass is 10.1. The van der Waals surface area contributed by atoms with Gasteiger partial charge in [0.1, 0.15) is 5.60 Å². The van der Waals surface area contributed by atoms with E-state index in [-0.39, 0.29) is 12.5 Å². The van der Waals surface area contributed by atoms with Crippen molar-refractivity contribution in [3.05, 3.63) is 23.0 Å². The van der Waals surface area contributed by atoms with Gasteiger partial charge in [-0.15, -0.1) is 0 Å². The summed E-state index contributed by atoms with van der Waals surface area (Å²) in [6.45, 7) is 4.84. The first-order valence-electron chi connectivity index (χ1n) is 6.06. The fourth-order valence-corrected chi connectivity index (χ4v) is 1.58. The van der Waals surface area contributed by atoms with Crippen LogP contribution in [0.2, 0.25) is 0 Å². The summed E-state index contributed by atoms with van der Waals surface area (Å²) in [5, 5.41) is 25.2. The van der Waals surface area contributed by atoms with Gasteiger partial charge in [0.15, 0.2) is 0 Å². The second kappa shape index (κ2) is 5.99. The van der Waals surface area contributed by atoms with Gasteiger partial charge in [0.25, 0.3) is 0 Å². The van der Waals surface area contributed by atoms with Crippen molar-refractivity contribution in [2.75, 3.05) is 13.2 Å². The molecular formula is C13H21N3O3. The van der Waals surface area contributed by atoms with Crippen LogP contribution in [0.25, 0.3) is 6.08 Å². The summed E-state index contributed by atoms with van der Waals surface area (Å²) in [6.07, 6.45) is 3.09. The third-order valence-electron chi connectivity index (χ3n) is 2.95. The van der Waals surface area contributed by atoms with Crippen molar-refractivity contribution in [3.8, 4) is 0 Å². The summed E-state index contributed by atoms with van der Waals surface area (Å²) in [5.41, 5.74) is 1.44. The minimum Gasteiger partial charge on any atom is -0.393 e. The molecule has 19 heavy (non-hydrogen) atoms. The first kappa shape index (κ1) is 15.4. The number of aryl methyl sites for hydroxylation is 2. The van der Waals surface area contributed by atoms with E-state index in [0.29, 0.717) is 0 Å². The van der Waals surface area contributed by atoms with E-state index in [1.807, 2.05) is 20.9 Å². The third-order valence-corrected chi connectivity index (χ3v) is 2.95. The number of hydrogen-bond donors (Lipinski definition) is 3. The molecule has 1 atom stereocenters. The van der Waals surface area contributed by atoms with E-state index >= 15 is 0 Å². The molecule has 1 rings (SSSR count). The van der Waals surface area contributed by atoms with Crippen LogP contribution in [-0.4, -0.2) is 44.7 Å². The van der Waals surface area contributed by atoms with Crippen LogP contribution < -0.4 is 5.32 Å². The smallest absolute Gasteiger partial charge is 0.244 e. The number of hydrogen-bond acceptors (Lipinski definition) is 4. The number of amides is 1. The van der Waals surface area contributed by atoms with Gasteiger partial charge in [0.05, 0.1) is 12.3 Å². The van der Waals surface area contributed by atoms with Gasteiger partial charge in [-0.3, -0.25) is 9.48 Å². The molecule has 1 amide bonds. The van der Waals surface area contributed by atoms with Crippen molar-refractivity contribution in [3.63, 3.8) is 0 Å². The number of nitrogens with one attached hydrogen (secondary N) is 1. The molecule has 1 heterocycles. The lowest BCUT2D eigenvalue weighted by Crippen LogP contribution is -2.42. The van der Waals surface area contributed by atoms with E-state index in [9.17, 15) is 9.90 Å². The van der Waals surface area contributed by atoms with Crippen molar-refractivity contribution in [1.29, 1.82) is 0 Å². The Morgan fingerprint density at radius 2 is 2.16 bits per heavy atom. The van der Waals surface area contributed by atoms with Crippen LogP contribution in [-0.2, 0) is 11.8 Å². The number of carbonyl (C=O) groups excluding carboxylic acids is 1. The Morgan fingerprint density at radius 1 is 1.53 bits per heavy atom. The lowest BCUT2D eigenvalue weighted by molar-refractivity contribution is -0.117. The molecule has 0 saturated heterocycles. The van der Waals surface area contributed by atoms with E-state index in [0.717, 1.165) is 17.0 Å². The van der Waals surface area contributed by atoms with E-state index in [4.69, 9.17) is 5.11 Å². The quantitative estimate of drug-likeness (QED) is 0.651. The Balaban J connectivity index is 2.64. The molecule has 0 aromatic carbocycles. The summed E-state index contributed by atoms with van der Waals surface area (Å²) in [7, 11) is 1.85. The SMILES string of the molecule is Cc1nn(C)c(C)c1C=CC(=O)NCC(C)(O)CO. The maximum absolute atomic E-state index is 11.6. The Labute approximate surface area is 112 Å². The van der Waals surface area contributed by atoms with Crippen molar-refractivity contribution in [2.45, 2.75) is 26.4 Å². The highest BCUT2D eigenvalue weighted by Crippen LogP contribution is 2.13. The summed E-state index contributed by atoms with van der Waals surface area (Å²) in [6, 6.07) is 0. The molecule has 1 unspecified atom stereocenters. The summed E-state index contributed by atoms with van der Waals surface area (Å²) < 4.78 is 1.75. The van der Waals surface area contributed by atoms with Crippen LogP contribution in [0.3, 0.4) is 0 Å². The number of aliphatic hydroxyl groups excluding tert-OH is 1. The topological polar surface area (TPSA) is 87.4 Å². The van der Waals surface area contributed by atoms with Crippen molar-refractivity contribution < 1.29 is 15.0 Å². The van der Waals surface area contributed by atoms with Crippen molar-refractivity contribution in [2.24, 2.45) is 7.05 Å². The van der Waals surface area contributed by atoms with Gasteiger partial charge < -0.3 is 15.5 Å². The van der Waals surface area contributed by atoms with Gasteiger partial charge in [0.2, 0.25) is 5.91 Å². The van der Waals surface area contributed by atoms with Gasteiger partial charge in [-0.1, -0.05) is 0 Å². The van der Waals surface area contributed by atoms with Crippen LogP contribution in [0.15, 0.2) is 6.08 Å². The van der Waals surface area contributed by atoms with Crippen LogP contribution in [0, 0.1) is 13.8 Å². The first-order valence-corrected chi connectivity index (χ1v) is 6.06. The second-order valence-electron chi connectivity index (χ2n) is 4.91. The number of nitrogens with zero attached hydrogens (tertiary/aromatic N) is 2. The first-order chi connectivity index (χ1) is 8.76. The molecular weight excluding hydrogens is 246 g/mol. The predicted octanol–water partition coefficient (Wildman–Crippen LogP) is -0.0904. The maximum atomic E-state index is 11.6. The summed E-state index contributed by atoms with van der Waals surface area (Å²) >= 11 is 0. The zero-order chi connectivity index (χ0) is 14.6. The molecule has 6 nitrogen and oxygen atoms in total. The zero-order valence-corrected chi connectivity index (χ0v) is 11.8. The summed E-state index contributed by atoms with van der Waals surface area (Å²) in [4.78, 5) is 11.6. The fraction of sp³-hybridized carbons (Fsp3) is 0.538. The molecule has 0 aliphatic rings. The molecule has 0 fully saturated rings. The normalized spacial score (nSPS) is 14.6. The summed E-state index contributed by atoms with van der Waals surface area (Å²) in [5.74, 6) is -0.323. The van der Waals surface area contributed by atoms with Crippen molar-refractivity contribution in [1.82, 2.24) is 15.1 Å². The standard InChI is InChI=1S/C13H21N3O3/c1-9-11(10(2)16(4)15-9)5-6-12(18)14-7-13(3,19)8-17/h5-6,17,19H,7-8H2,1-4H3,(H,14,18). The molecule has 1 aromatic heterocycles. The number of aliphatic hydroxyl groups is 2. The van der Waals surface area contributed by atoms with Gasteiger partial charge in [-0.2, -0.15) is 5.10 Å². The van der Waals surface area contributed by atoms with Crippen molar-refractivity contribution >= 4 is 12.0 Å². The Bertz CT molecular complexity index is 490. The Hall–Kier alpha value is -1.66. The highest BCUT2D eigenvalue weighted by atomic mass is 16.3. The highest BCUT2D eigenvalue weighted by molar-refractivity contribution is 5.92. The molecule has 0 spiro atoms. The third kappa shape index (κ3) is 4.18. The molecule has 0 aliphatic heterocycles. The molecule has 0 bridgehead atoms. The average Bonchev–Trinajstić information content (AvgIpc) is 2.59. The van der Waals surface area contributed by atoms with Gasteiger partial charge in [-0.25, -0.2) is 0 Å². The zero-order valence-electron chi connectivity index (χ0n) is 11.8. The van der Waals surface area contributed by atoms with Crippen LogP contribution >= 0.6 is 0 Å². The van der Waals surface area contributed by atoms with E-state index < -0.39 is 12.2 Å². The lowest BCUT2D eigenvalue weighted by Gasteiger charge is -2.19. The monoisotopic (exact) mass is 267 g/mol. The average molecular weight is 267 g/mol. The van der Waals surface area contributed by atoms with Gasteiger partial charge in [0, 0.05) is 30.9 Å². The van der Waals surface area contributed by atoms with Crippen LogP contribution in [0.4, 0.5) is 0 Å². The molecule has 0 radical (unpaired) electrons. The predicted molar refractivity (Wildman–Crippen MR) is 72.4 cm³/mol. The number of aromatic nitrogens is 2. The minimum atomic E-state index is -1.30. The maximum Gasteiger partial charge on any atom is 0.244 e. The largest absolute Gasteiger partial charge is 0.393 e. The molecule has 1 aromatic rings. The molecule has 0 aliphatic carbocycles. The molecule has 6 heteroatoms.